The lowest BCUT2D eigenvalue weighted by molar-refractivity contribution is 0.0320. The Morgan fingerprint density at radius 2 is 2.09 bits per heavy atom. The summed E-state index contributed by atoms with van der Waals surface area (Å²) in [5.41, 5.74) is 1.15. The standard InChI is InChI=1S/C16H22FN3O2/c17-16-2-1-14(15(11-16)12-18)13-20(5-8-21)4-3-19-6-9-22-10-7-19/h1-2,11,21H,3-10,13H2. The fourth-order valence-corrected chi connectivity index (χ4v) is 2.55. The van der Waals surface area contributed by atoms with Crippen molar-refractivity contribution < 1.29 is 14.2 Å². The number of benzene rings is 1. The fraction of sp³-hybridized carbons (Fsp3) is 0.562. The highest BCUT2D eigenvalue weighted by Gasteiger charge is 2.14. The van der Waals surface area contributed by atoms with Crippen LogP contribution in [0.25, 0.3) is 0 Å². The lowest BCUT2D eigenvalue weighted by Gasteiger charge is -2.30. The number of aliphatic hydroxyl groups excluding tert-OH is 1. The molecule has 1 saturated heterocycles. The number of nitriles is 1. The maximum atomic E-state index is 13.2. The molecule has 1 aromatic rings. The molecule has 1 heterocycles. The lowest BCUT2D eigenvalue weighted by Crippen LogP contribution is -2.42. The molecule has 1 N–H and O–H groups in total. The minimum absolute atomic E-state index is 0.0617. The van der Waals surface area contributed by atoms with E-state index in [1.54, 1.807) is 6.07 Å². The molecule has 6 heteroatoms. The SMILES string of the molecule is N#Cc1cc(F)ccc1CN(CCO)CCN1CCOCC1. The normalized spacial score (nSPS) is 15.9. The van der Waals surface area contributed by atoms with Crippen LogP contribution in [0.2, 0.25) is 0 Å². The van der Waals surface area contributed by atoms with Gasteiger partial charge in [-0.05, 0) is 17.7 Å². The van der Waals surface area contributed by atoms with E-state index < -0.39 is 5.82 Å². The highest BCUT2D eigenvalue weighted by molar-refractivity contribution is 5.37. The van der Waals surface area contributed by atoms with E-state index in [1.807, 2.05) is 6.07 Å². The van der Waals surface area contributed by atoms with Crippen LogP contribution in [0.1, 0.15) is 11.1 Å². The van der Waals surface area contributed by atoms with E-state index in [0.717, 1.165) is 45.0 Å². The summed E-state index contributed by atoms with van der Waals surface area (Å²) >= 11 is 0. The first-order chi connectivity index (χ1) is 10.7. The molecule has 1 aromatic carbocycles. The van der Waals surface area contributed by atoms with Gasteiger partial charge in [0.15, 0.2) is 0 Å². The Labute approximate surface area is 130 Å². The number of halogens is 1. The number of rotatable bonds is 7. The van der Waals surface area contributed by atoms with Crippen molar-refractivity contribution in [2.45, 2.75) is 6.54 Å². The van der Waals surface area contributed by atoms with Gasteiger partial charge in [-0.2, -0.15) is 5.26 Å². The summed E-state index contributed by atoms with van der Waals surface area (Å²) in [4.78, 5) is 4.41. The number of nitrogens with zero attached hydrogens (tertiary/aromatic N) is 3. The molecule has 0 bridgehead atoms. The fourth-order valence-electron chi connectivity index (χ4n) is 2.55. The number of ether oxygens (including phenoxy) is 1. The molecular weight excluding hydrogens is 285 g/mol. The first-order valence-electron chi connectivity index (χ1n) is 7.55. The zero-order chi connectivity index (χ0) is 15.8. The second-order valence-electron chi connectivity index (χ2n) is 5.37. The predicted octanol–water partition coefficient (Wildman–Crippen LogP) is 0.824. The van der Waals surface area contributed by atoms with Crippen molar-refractivity contribution >= 4 is 0 Å². The van der Waals surface area contributed by atoms with Crippen molar-refractivity contribution in [3.63, 3.8) is 0 Å². The van der Waals surface area contributed by atoms with Gasteiger partial charge in [0.1, 0.15) is 5.82 Å². The molecule has 5 nitrogen and oxygen atoms in total. The molecule has 0 aromatic heterocycles. The Kier molecular flexibility index (Phi) is 6.74. The van der Waals surface area contributed by atoms with Crippen LogP contribution >= 0.6 is 0 Å². The van der Waals surface area contributed by atoms with Crippen molar-refractivity contribution in [2.75, 3.05) is 52.5 Å². The van der Waals surface area contributed by atoms with Crippen LogP contribution in [0.15, 0.2) is 18.2 Å². The van der Waals surface area contributed by atoms with E-state index in [2.05, 4.69) is 9.80 Å². The topological polar surface area (TPSA) is 59.7 Å². The minimum Gasteiger partial charge on any atom is -0.395 e. The molecule has 0 spiro atoms. The van der Waals surface area contributed by atoms with Gasteiger partial charge < -0.3 is 9.84 Å². The van der Waals surface area contributed by atoms with Gasteiger partial charge in [-0.25, -0.2) is 4.39 Å². The van der Waals surface area contributed by atoms with Crippen LogP contribution in [0.4, 0.5) is 4.39 Å². The summed E-state index contributed by atoms with van der Waals surface area (Å²) in [5, 5.41) is 18.3. The Balaban J connectivity index is 1.94. The third kappa shape index (κ3) is 5.04. The van der Waals surface area contributed by atoms with Crippen LogP contribution in [-0.4, -0.2) is 67.5 Å². The molecule has 1 aliphatic rings. The minimum atomic E-state index is -0.401. The average Bonchev–Trinajstić information content (AvgIpc) is 2.55. The van der Waals surface area contributed by atoms with Crippen LogP contribution in [0, 0.1) is 17.1 Å². The van der Waals surface area contributed by atoms with Crippen LogP contribution in [-0.2, 0) is 11.3 Å². The first kappa shape index (κ1) is 16.8. The summed E-state index contributed by atoms with van der Waals surface area (Å²) in [7, 11) is 0. The van der Waals surface area contributed by atoms with Crippen LogP contribution in [0.5, 0.6) is 0 Å². The van der Waals surface area contributed by atoms with Crippen molar-refractivity contribution in [1.29, 1.82) is 5.26 Å². The van der Waals surface area contributed by atoms with Crippen LogP contribution in [0.3, 0.4) is 0 Å². The largest absolute Gasteiger partial charge is 0.395 e. The summed E-state index contributed by atoms with van der Waals surface area (Å²) in [6, 6.07) is 6.31. The van der Waals surface area contributed by atoms with Crippen molar-refractivity contribution in [2.24, 2.45) is 0 Å². The van der Waals surface area contributed by atoms with E-state index >= 15 is 0 Å². The second kappa shape index (κ2) is 8.81. The van der Waals surface area contributed by atoms with E-state index in [9.17, 15) is 9.50 Å². The van der Waals surface area contributed by atoms with Gasteiger partial charge in [0, 0.05) is 39.3 Å². The Hall–Kier alpha value is -1.52. The smallest absolute Gasteiger partial charge is 0.124 e. The Bertz CT molecular complexity index is 513. The van der Waals surface area contributed by atoms with Gasteiger partial charge in [0.2, 0.25) is 0 Å². The zero-order valence-corrected chi connectivity index (χ0v) is 12.7. The first-order valence-corrected chi connectivity index (χ1v) is 7.55. The molecule has 0 radical (unpaired) electrons. The molecule has 2 rings (SSSR count). The molecule has 0 atom stereocenters. The molecule has 0 amide bonds. The monoisotopic (exact) mass is 307 g/mol. The van der Waals surface area contributed by atoms with Crippen LogP contribution < -0.4 is 0 Å². The number of hydrogen-bond donors (Lipinski definition) is 1. The van der Waals surface area contributed by atoms with Crippen molar-refractivity contribution in [3.8, 4) is 6.07 Å². The summed E-state index contributed by atoms with van der Waals surface area (Å²) in [6.07, 6.45) is 0. The Morgan fingerprint density at radius 3 is 2.77 bits per heavy atom. The van der Waals surface area contributed by atoms with Gasteiger partial charge in [0.25, 0.3) is 0 Å². The molecule has 120 valence electrons. The number of aliphatic hydroxyl groups is 1. The van der Waals surface area contributed by atoms with Gasteiger partial charge >= 0.3 is 0 Å². The molecule has 0 aliphatic carbocycles. The summed E-state index contributed by atoms with van der Waals surface area (Å²) in [6.45, 7) is 6.19. The molecule has 22 heavy (non-hydrogen) atoms. The van der Waals surface area contributed by atoms with E-state index in [1.165, 1.54) is 12.1 Å². The number of morpholine rings is 1. The van der Waals surface area contributed by atoms with Crippen molar-refractivity contribution in [3.05, 3.63) is 35.1 Å². The maximum absolute atomic E-state index is 13.2. The second-order valence-corrected chi connectivity index (χ2v) is 5.37. The predicted molar refractivity (Wildman–Crippen MR) is 80.7 cm³/mol. The quantitative estimate of drug-likeness (QED) is 0.808. The van der Waals surface area contributed by atoms with Crippen molar-refractivity contribution in [1.82, 2.24) is 9.80 Å². The van der Waals surface area contributed by atoms with Gasteiger partial charge in [-0.3, -0.25) is 9.80 Å². The number of hydrogen-bond acceptors (Lipinski definition) is 5. The molecule has 0 saturated carbocycles. The van der Waals surface area contributed by atoms with E-state index in [4.69, 9.17) is 10.00 Å². The molecule has 1 aliphatic heterocycles. The zero-order valence-electron chi connectivity index (χ0n) is 12.7. The van der Waals surface area contributed by atoms with E-state index in [0.29, 0.717) is 18.7 Å². The van der Waals surface area contributed by atoms with Gasteiger partial charge in [0.05, 0.1) is 31.5 Å². The van der Waals surface area contributed by atoms with Gasteiger partial charge in [-0.1, -0.05) is 6.07 Å². The lowest BCUT2D eigenvalue weighted by atomic mass is 10.1. The maximum Gasteiger partial charge on any atom is 0.124 e. The molecule has 1 fully saturated rings. The Morgan fingerprint density at radius 1 is 1.32 bits per heavy atom. The van der Waals surface area contributed by atoms with E-state index in [-0.39, 0.29) is 6.61 Å². The average molecular weight is 307 g/mol. The highest BCUT2D eigenvalue weighted by atomic mass is 19.1. The summed E-state index contributed by atoms with van der Waals surface area (Å²) < 4.78 is 18.5. The third-order valence-electron chi connectivity index (χ3n) is 3.84. The summed E-state index contributed by atoms with van der Waals surface area (Å²) in [5.74, 6) is -0.401. The van der Waals surface area contributed by atoms with Gasteiger partial charge in [-0.15, -0.1) is 0 Å². The molecular formula is C16H22FN3O2. The highest BCUT2D eigenvalue weighted by Crippen LogP contribution is 2.13. The molecule has 0 unspecified atom stereocenters. The third-order valence-corrected chi connectivity index (χ3v) is 3.84.